The Morgan fingerprint density at radius 3 is 2.15 bits per heavy atom. The van der Waals surface area contributed by atoms with Crippen LogP contribution in [0.25, 0.3) is 5.70 Å². The third kappa shape index (κ3) is 10.5. The van der Waals surface area contributed by atoms with Gasteiger partial charge in [-0.3, -0.25) is 9.69 Å². The van der Waals surface area contributed by atoms with Gasteiger partial charge in [-0.2, -0.15) is 0 Å². The highest BCUT2D eigenvalue weighted by atomic mass is 35.5. The van der Waals surface area contributed by atoms with E-state index in [0.717, 1.165) is 73.6 Å². The molecular formula is C45H48ClN3O4. The van der Waals surface area contributed by atoms with Gasteiger partial charge in [0.2, 0.25) is 5.88 Å². The minimum Gasteiger partial charge on any atom is -0.493 e. The first kappa shape index (κ1) is 37.6. The van der Waals surface area contributed by atoms with Gasteiger partial charge in [-0.25, -0.2) is 4.98 Å². The fourth-order valence-corrected chi connectivity index (χ4v) is 6.58. The minimum atomic E-state index is 0.436. The van der Waals surface area contributed by atoms with Gasteiger partial charge >= 0.3 is 0 Å². The average molecular weight is 730 g/mol. The van der Waals surface area contributed by atoms with Crippen LogP contribution in [0.15, 0.2) is 109 Å². The van der Waals surface area contributed by atoms with Crippen molar-refractivity contribution < 1.29 is 19.0 Å². The molecular weight excluding hydrogens is 682 g/mol. The quantitative estimate of drug-likeness (QED) is 0.0785. The number of aromatic nitrogens is 1. The van der Waals surface area contributed by atoms with E-state index in [0.29, 0.717) is 41.5 Å². The standard InChI is InChI=1S/C45H48ClN3O4/c1-32(2)38-13-15-39(16-14-38)51-26-20-35-9-11-36(12-10-35)30-48-21-23-49(24-22-48)43(19-25-50)41-27-34(4)44(28-42(41)46)53-45-18-17-40(29-47-45)52-31-37-7-5-33(3)6-8-37/h5-19,25,27-29,32H,20-24,26,30-31H2,1-4H3/b43-19+. The van der Waals surface area contributed by atoms with Crippen LogP contribution in [0.1, 0.15) is 58.7 Å². The van der Waals surface area contributed by atoms with Crippen molar-refractivity contribution in [3.8, 4) is 23.1 Å². The zero-order valence-corrected chi connectivity index (χ0v) is 31.8. The molecule has 7 nitrogen and oxygen atoms in total. The lowest BCUT2D eigenvalue weighted by Crippen LogP contribution is -2.45. The van der Waals surface area contributed by atoms with Crippen molar-refractivity contribution in [2.75, 3.05) is 32.8 Å². The first-order valence-electron chi connectivity index (χ1n) is 18.3. The molecule has 0 amide bonds. The van der Waals surface area contributed by atoms with Gasteiger partial charge < -0.3 is 19.1 Å². The molecule has 0 N–H and O–H groups in total. The Bertz CT molecular complexity index is 1970. The fraction of sp³-hybridized carbons (Fsp3) is 0.289. The van der Waals surface area contributed by atoms with E-state index in [-0.39, 0.29) is 0 Å². The molecule has 1 aliphatic heterocycles. The van der Waals surface area contributed by atoms with E-state index < -0.39 is 0 Å². The van der Waals surface area contributed by atoms with E-state index in [9.17, 15) is 4.79 Å². The predicted molar refractivity (Wildman–Crippen MR) is 213 cm³/mol. The number of piperazine rings is 1. The van der Waals surface area contributed by atoms with Gasteiger partial charge in [-0.15, -0.1) is 0 Å². The van der Waals surface area contributed by atoms with Crippen LogP contribution in [0.2, 0.25) is 5.02 Å². The van der Waals surface area contributed by atoms with Gasteiger partial charge in [0.15, 0.2) is 0 Å². The summed E-state index contributed by atoms with van der Waals surface area (Å²) in [7, 11) is 0. The summed E-state index contributed by atoms with van der Waals surface area (Å²) in [6.07, 6.45) is 4.95. The highest BCUT2D eigenvalue weighted by Gasteiger charge is 2.22. The second kappa shape index (κ2) is 18.1. The van der Waals surface area contributed by atoms with Crippen LogP contribution in [0.5, 0.6) is 23.1 Å². The number of nitrogens with zero attached hydrogens (tertiary/aromatic N) is 3. The van der Waals surface area contributed by atoms with E-state index in [4.69, 9.17) is 25.8 Å². The maximum Gasteiger partial charge on any atom is 0.219 e. The van der Waals surface area contributed by atoms with Crippen LogP contribution in [-0.2, 0) is 24.4 Å². The van der Waals surface area contributed by atoms with Crippen LogP contribution in [0, 0.1) is 13.8 Å². The lowest BCUT2D eigenvalue weighted by atomic mass is 10.0. The van der Waals surface area contributed by atoms with Crippen molar-refractivity contribution in [3.05, 3.63) is 153 Å². The second-order valence-electron chi connectivity index (χ2n) is 13.9. The number of hydrogen-bond donors (Lipinski definition) is 0. The Balaban J connectivity index is 0.988. The van der Waals surface area contributed by atoms with Crippen LogP contribution in [-0.4, -0.2) is 53.9 Å². The molecule has 1 fully saturated rings. The highest BCUT2D eigenvalue weighted by molar-refractivity contribution is 6.32. The van der Waals surface area contributed by atoms with E-state index in [2.05, 4.69) is 108 Å². The zero-order chi connectivity index (χ0) is 37.2. The molecule has 1 aromatic heterocycles. The Morgan fingerprint density at radius 1 is 0.811 bits per heavy atom. The number of rotatable bonds is 15. The van der Waals surface area contributed by atoms with E-state index >= 15 is 0 Å². The maximum absolute atomic E-state index is 11.8. The molecule has 0 atom stereocenters. The van der Waals surface area contributed by atoms with E-state index in [1.165, 1.54) is 22.3 Å². The van der Waals surface area contributed by atoms with E-state index in [1.54, 1.807) is 24.4 Å². The van der Waals surface area contributed by atoms with Crippen molar-refractivity contribution >= 4 is 23.6 Å². The Morgan fingerprint density at radius 2 is 1.49 bits per heavy atom. The second-order valence-corrected chi connectivity index (χ2v) is 14.3. The molecule has 0 unspecified atom stereocenters. The predicted octanol–water partition coefficient (Wildman–Crippen LogP) is 9.83. The summed E-state index contributed by atoms with van der Waals surface area (Å²) in [5, 5.41) is 0.508. The van der Waals surface area contributed by atoms with Crippen molar-refractivity contribution in [1.82, 2.24) is 14.8 Å². The first-order chi connectivity index (χ1) is 25.7. The maximum atomic E-state index is 11.8. The number of aryl methyl sites for hydroxylation is 2. The van der Waals surface area contributed by atoms with Crippen LogP contribution < -0.4 is 14.2 Å². The van der Waals surface area contributed by atoms with Crippen molar-refractivity contribution in [2.24, 2.45) is 0 Å². The molecule has 6 rings (SSSR count). The molecule has 1 aliphatic rings. The average Bonchev–Trinajstić information content (AvgIpc) is 3.17. The molecule has 0 spiro atoms. The number of allylic oxidation sites excluding steroid dienone is 1. The van der Waals surface area contributed by atoms with Gasteiger partial charge in [0.05, 0.1) is 17.8 Å². The van der Waals surface area contributed by atoms with E-state index in [1.807, 2.05) is 19.1 Å². The zero-order valence-electron chi connectivity index (χ0n) is 31.1. The highest BCUT2D eigenvalue weighted by Crippen LogP contribution is 2.35. The molecule has 2 heterocycles. The summed E-state index contributed by atoms with van der Waals surface area (Å²) in [6.45, 7) is 13.7. The topological polar surface area (TPSA) is 64.1 Å². The first-order valence-corrected chi connectivity index (χ1v) is 18.7. The van der Waals surface area contributed by atoms with Gasteiger partial charge in [-0.05, 0) is 71.8 Å². The Kier molecular flexibility index (Phi) is 12.8. The molecule has 0 saturated carbocycles. The number of hydrogen-bond acceptors (Lipinski definition) is 7. The van der Waals surface area contributed by atoms with Crippen molar-refractivity contribution in [1.29, 1.82) is 0 Å². The molecule has 274 valence electrons. The van der Waals surface area contributed by atoms with Gasteiger partial charge in [-0.1, -0.05) is 91.7 Å². The minimum absolute atomic E-state index is 0.436. The molecule has 0 aliphatic carbocycles. The normalized spacial score (nSPS) is 13.6. The third-order valence-corrected chi connectivity index (χ3v) is 9.88. The molecule has 53 heavy (non-hydrogen) atoms. The number of carbonyl (C=O) groups excluding carboxylic acids is 1. The smallest absolute Gasteiger partial charge is 0.219 e. The van der Waals surface area contributed by atoms with Gasteiger partial charge in [0.25, 0.3) is 0 Å². The molecule has 8 heteroatoms. The van der Waals surface area contributed by atoms with Crippen LogP contribution >= 0.6 is 11.6 Å². The molecule has 4 aromatic carbocycles. The van der Waals surface area contributed by atoms with Crippen molar-refractivity contribution in [2.45, 2.75) is 53.2 Å². The SMILES string of the molecule is Cc1ccc(COc2ccc(Oc3cc(Cl)c(/C(=C\C=O)N4CCN(Cc5ccc(CCOc6ccc(C(C)C)cc6)cc5)CC4)cc3C)nc2)cc1. The Hall–Kier alpha value is -5.11. The van der Waals surface area contributed by atoms with Crippen LogP contribution in [0.4, 0.5) is 0 Å². The van der Waals surface area contributed by atoms with Gasteiger partial charge in [0.1, 0.15) is 30.1 Å². The lowest BCUT2D eigenvalue weighted by molar-refractivity contribution is -0.104. The largest absolute Gasteiger partial charge is 0.493 e. The summed E-state index contributed by atoms with van der Waals surface area (Å²) in [6, 6.07) is 32.9. The fourth-order valence-electron chi connectivity index (χ4n) is 6.33. The molecule has 5 aromatic rings. The molecule has 1 saturated heterocycles. The number of pyridine rings is 1. The lowest BCUT2D eigenvalue weighted by Gasteiger charge is -2.37. The molecule has 0 radical (unpaired) electrons. The number of benzene rings is 4. The van der Waals surface area contributed by atoms with Crippen LogP contribution in [0.3, 0.4) is 0 Å². The monoisotopic (exact) mass is 729 g/mol. The summed E-state index contributed by atoms with van der Waals surface area (Å²) in [4.78, 5) is 20.9. The summed E-state index contributed by atoms with van der Waals surface area (Å²) in [5.74, 6) is 3.12. The summed E-state index contributed by atoms with van der Waals surface area (Å²) < 4.78 is 18.0. The molecule has 0 bridgehead atoms. The third-order valence-electron chi connectivity index (χ3n) is 9.56. The number of halogens is 1. The van der Waals surface area contributed by atoms with Gasteiger partial charge in [0, 0.05) is 68.6 Å². The number of ether oxygens (including phenoxy) is 3. The van der Waals surface area contributed by atoms with Crippen molar-refractivity contribution in [3.63, 3.8) is 0 Å². The summed E-state index contributed by atoms with van der Waals surface area (Å²) >= 11 is 6.86. The number of carbonyl (C=O) groups is 1. The summed E-state index contributed by atoms with van der Waals surface area (Å²) in [5.41, 5.74) is 8.67. The Labute approximate surface area is 318 Å². The number of aldehydes is 1.